The number of nitrogens with one attached hydrogen (secondary N) is 5. The van der Waals surface area contributed by atoms with Crippen LogP contribution in [0.5, 0.6) is 0 Å². The summed E-state index contributed by atoms with van der Waals surface area (Å²) in [7, 11) is 0. The van der Waals surface area contributed by atoms with Gasteiger partial charge in [0.1, 0.15) is 18.0 Å². The molecule has 0 aliphatic carbocycles. The van der Waals surface area contributed by atoms with Crippen LogP contribution < -0.4 is 27.0 Å². The largest absolute Gasteiger partial charge is 0.367 e. The van der Waals surface area contributed by atoms with Crippen LogP contribution in [0.2, 0.25) is 0 Å². The maximum atomic E-state index is 12.9. The number of anilines is 1. The van der Waals surface area contributed by atoms with E-state index in [2.05, 4.69) is 27.0 Å². The highest BCUT2D eigenvalue weighted by Gasteiger charge is 2.32. The highest BCUT2D eigenvalue weighted by atomic mass is 19.1. The molecule has 2 atom stereocenters. The summed E-state index contributed by atoms with van der Waals surface area (Å²) in [5.74, 6) is -0.459. The van der Waals surface area contributed by atoms with Crippen LogP contribution >= 0.6 is 0 Å². The van der Waals surface area contributed by atoms with Crippen LogP contribution in [0.15, 0.2) is 48.5 Å². The number of hydrogen-bond acceptors (Lipinski definition) is 5. The Morgan fingerprint density at radius 1 is 1.08 bits per heavy atom. The fourth-order valence-electron chi connectivity index (χ4n) is 2.43. The van der Waals surface area contributed by atoms with Crippen LogP contribution in [0.4, 0.5) is 10.1 Å². The van der Waals surface area contributed by atoms with Crippen molar-refractivity contribution in [2.45, 2.75) is 25.7 Å². The van der Waals surface area contributed by atoms with Gasteiger partial charge in [-0.25, -0.2) is 15.2 Å². The van der Waals surface area contributed by atoms with Crippen LogP contribution in [0.1, 0.15) is 11.1 Å². The normalized spacial score (nSPS) is 19.9. The maximum Gasteiger partial charge on any atom is 0.242 e. The lowest BCUT2D eigenvalue weighted by Crippen LogP contribution is -2.50. The second-order valence-corrected chi connectivity index (χ2v) is 5.72. The van der Waals surface area contributed by atoms with E-state index in [1.807, 2.05) is 31.2 Å². The van der Waals surface area contributed by atoms with Crippen molar-refractivity contribution in [3.05, 3.63) is 65.5 Å². The van der Waals surface area contributed by atoms with Crippen molar-refractivity contribution in [2.24, 2.45) is 0 Å². The van der Waals surface area contributed by atoms with Gasteiger partial charge >= 0.3 is 0 Å². The Morgan fingerprint density at radius 2 is 1.79 bits per heavy atom. The van der Waals surface area contributed by atoms with Gasteiger partial charge in [0.15, 0.2) is 0 Å². The zero-order valence-corrected chi connectivity index (χ0v) is 13.3. The summed E-state index contributed by atoms with van der Waals surface area (Å²) in [6, 6.07) is 13.5. The lowest BCUT2D eigenvalue weighted by Gasteiger charge is -2.20. The fraction of sp³-hybridized carbons (Fsp3) is 0.235. The first-order chi connectivity index (χ1) is 11.6. The molecule has 0 aromatic heterocycles. The zero-order chi connectivity index (χ0) is 16.9. The summed E-state index contributed by atoms with van der Waals surface area (Å²) >= 11 is 0. The second kappa shape index (κ2) is 7.39. The number of carbonyl (C=O) groups excluding carboxylic acids is 1. The molecule has 126 valence electrons. The summed E-state index contributed by atoms with van der Waals surface area (Å²) in [6.45, 7) is 2.36. The number of hydrazine groups is 2. The molecule has 1 aliphatic rings. The third kappa shape index (κ3) is 4.08. The number of amides is 1. The Bertz CT molecular complexity index is 689. The van der Waals surface area contributed by atoms with Gasteiger partial charge in [-0.15, -0.1) is 0 Å². The number of halogens is 1. The molecule has 2 aromatic carbocycles. The van der Waals surface area contributed by atoms with E-state index in [9.17, 15) is 9.18 Å². The van der Waals surface area contributed by atoms with Gasteiger partial charge in [-0.1, -0.05) is 29.8 Å². The van der Waals surface area contributed by atoms with Gasteiger partial charge in [0, 0.05) is 12.2 Å². The summed E-state index contributed by atoms with van der Waals surface area (Å²) in [5.41, 5.74) is 11.6. The number of hydrogen-bond donors (Lipinski definition) is 5. The third-order valence-electron chi connectivity index (χ3n) is 3.82. The van der Waals surface area contributed by atoms with E-state index in [1.165, 1.54) is 17.7 Å². The van der Waals surface area contributed by atoms with E-state index in [0.29, 0.717) is 6.54 Å². The summed E-state index contributed by atoms with van der Waals surface area (Å²) in [5, 5.41) is 6.10. The molecule has 3 rings (SSSR count). The first-order valence-corrected chi connectivity index (χ1v) is 7.73. The second-order valence-electron chi connectivity index (χ2n) is 5.72. The molecular formula is C17H20FN5O. The van der Waals surface area contributed by atoms with Crippen molar-refractivity contribution in [2.75, 3.05) is 5.32 Å². The first-order valence-electron chi connectivity index (χ1n) is 7.73. The highest BCUT2D eigenvalue weighted by Crippen LogP contribution is 2.11. The van der Waals surface area contributed by atoms with E-state index in [-0.39, 0.29) is 17.9 Å². The molecule has 1 heterocycles. The van der Waals surface area contributed by atoms with E-state index in [4.69, 9.17) is 0 Å². The highest BCUT2D eigenvalue weighted by molar-refractivity contribution is 5.83. The molecular weight excluding hydrogens is 309 g/mol. The van der Waals surface area contributed by atoms with Gasteiger partial charge in [0.05, 0.1) is 0 Å². The topological polar surface area (TPSA) is 77.2 Å². The molecule has 0 spiro atoms. The molecule has 1 fully saturated rings. The number of benzene rings is 2. The lowest BCUT2D eigenvalue weighted by molar-refractivity contribution is -0.123. The maximum absolute atomic E-state index is 12.9. The number of rotatable bonds is 5. The van der Waals surface area contributed by atoms with Gasteiger partial charge in [-0.05, 0) is 36.8 Å². The average Bonchev–Trinajstić information content (AvgIpc) is 3.04. The van der Waals surface area contributed by atoms with E-state index < -0.39 is 6.04 Å². The molecule has 6 nitrogen and oxygen atoms in total. The summed E-state index contributed by atoms with van der Waals surface area (Å²) < 4.78 is 12.9. The van der Waals surface area contributed by atoms with Gasteiger partial charge in [0.2, 0.25) is 5.91 Å². The molecule has 2 aromatic rings. The minimum atomic E-state index is -0.494. The van der Waals surface area contributed by atoms with Crippen LogP contribution in [0.25, 0.3) is 0 Å². The predicted octanol–water partition coefficient (Wildman–Crippen LogP) is 1.17. The molecule has 0 radical (unpaired) electrons. The first kappa shape index (κ1) is 16.4. The SMILES string of the molecule is Cc1ccc(NC2NNNC2C(=O)NCc2ccc(F)cc2)cc1. The monoisotopic (exact) mass is 329 g/mol. The van der Waals surface area contributed by atoms with Crippen LogP contribution in [-0.4, -0.2) is 18.1 Å². The van der Waals surface area contributed by atoms with Crippen molar-refractivity contribution in [1.82, 2.24) is 21.7 Å². The molecule has 2 unspecified atom stereocenters. The third-order valence-corrected chi connectivity index (χ3v) is 3.82. The van der Waals surface area contributed by atoms with Gasteiger partial charge < -0.3 is 10.6 Å². The Kier molecular flexibility index (Phi) is 5.05. The van der Waals surface area contributed by atoms with Crippen LogP contribution in [0.3, 0.4) is 0 Å². The van der Waals surface area contributed by atoms with Gasteiger partial charge in [0.25, 0.3) is 0 Å². The Morgan fingerprint density at radius 3 is 2.50 bits per heavy atom. The van der Waals surface area contributed by atoms with Crippen molar-refractivity contribution in [3.8, 4) is 0 Å². The summed E-state index contributed by atoms with van der Waals surface area (Å²) in [4.78, 5) is 12.4. The Hall–Kier alpha value is -2.48. The minimum Gasteiger partial charge on any atom is -0.367 e. The molecule has 7 heteroatoms. The van der Waals surface area contributed by atoms with Gasteiger partial charge in [-0.2, -0.15) is 5.53 Å². The lowest BCUT2D eigenvalue weighted by atomic mass is 10.1. The molecule has 0 saturated carbocycles. The van der Waals surface area contributed by atoms with Crippen molar-refractivity contribution in [1.29, 1.82) is 0 Å². The minimum absolute atomic E-state index is 0.165. The predicted molar refractivity (Wildman–Crippen MR) is 90.0 cm³/mol. The van der Waals surface area contributed by atoms with Crippen LogP contribution in [0, 0.1) is 12.7 Å². The van der Waals surface area contributed by atoms with Gasteiger partial charge in [-0.3, -0.25) is 4.79 Å². The van der Waals surface area contributed by atoms with E-state index in [0.717, 1.165) is 11.3 Å². The molecule has 5 N–H and O–H groups in total. The Labute approximate surface area is 139 Å². The quantitative estimate of drug-likeness (QED) is 0.569. The van der Waals surface area contributed by atoms with E-state index >= 15 is 0 Å². The summed E-state index contributed by atoms with van der Waals surface area (Å²) in [6.07, 6.45) is -0.305. The molecule has 1 amide bonds. The molecule has 1 saturated heterocycles. The average molecular weight is 329 g/mol. The zero-order valence-electron chi connectivity index (χ0n) is 13.3. The smallest absolute Gasteiger partial charge is 0.242 e. The standard InChI is InChI=1S/C17H20FN5O/c1-11-2-8-14(9-3-11)20-16-15(21-23-22-16)17(24)19-10-12-4-6-13(18)7-5-12/h2-9,15-16,20-23H,10H2,1H3,(H,19,24). The van der Waals surface area contributed by atoms with Crippen molar-refractivity contribution >= 4 is 11.6 Å². The Balaban J connectivity index is 1.56. The number of carbonyl (C=O) groups is 1. The fourth-order valence-corrected chi connectivity index (χ4v) is 2.43. The molecule has 0 bridgehead atoms. The van der Waals surface area contributed by atoms with Crippen molar-refractivity contribution in [3.63, 3.8) is 0 Å². The number of aryl methyl sites for hydroxylation is 1. The molecule has 1 aliphatic heterocycles. The molecule has 24 heavy (non-hydrogen) atoms. The van der Waals surface area contributed by atoms with Crippen molar-refractivity contribution < 1.29 is 9.18 Å². The van der Waals surface area contributed by atoms with Crippen LogP contribution in [-0.2, 0) is 11.3 Å². The van der Waals surface area contributed by atoms with E-state index in [1.54, 1.807) is 12.1 Å².